The SMILES string of the molecule is CCc1ccccc1NC(=O)CN(C)C(=O)CC(NC(C)=O)c1ccccc1. The van der Waals surface area contributed by atoms with Crippen molar-refractivity contribution < 1.29 is 14.4 Å². The lowest BCUT2D eigenvalue weighted by atomic mass is 10.0. The quantitative estimate of drug-likeness (QED) is 0.738. The maximum Gasteiger partial charge on any atom is 0.243 e. The van der Waals surface area contributed by atoms with E-state index in [1.165, 1.54) is 11.8 Å². The van der Waals surface area contributed by atoms with Gasteiger partial charge in [0.2, 0.25) is 17.7 Å². The highest BCUT2D eigenvalue weighted by molar-refractivity contribution is 5.95. The molecule has 2 aromatic rings. The molecule has 0 fully saturated rings. The third-order valence-electron chi connectivity index (χ3n) is 4.44. The summed E-state index contributed by atoms with van der Waals surface area (Å²) in [6.45, 7) is 3.38. The smallest absolute Gasteiger partial charge is 0.243 e. The summed E-state index contributed by atoms with van der Waals surface area (Å²) in [7, 11) is 1.59. The van der Waals surface area contributed by atoms with Crippen molar-refractivity contribution in [2.24, 2.45) is 0 Å². The number of hydrogen-bond donors (Lipinski definition) is 2. The van der Waals surface area contributed by atoms with E-state index in [9.17, 15) is 14.4 Å². The van der Waals surface area contributed by atoms with Gasteiger partial charge in [-0.2, -0.15) is 0 Å². The van der Waals surface area contributed by atoms with Crippen LogP contribution in [0.2, 0.25) is 0 Å². The highest BCUT2D eigenvalue weighted by atomic mass is 16.2. The highest BCUT2D eigenvalue weighted by Crippen LogP contribution is 2.18. The van der Waals surface area contributed by atoms with Gasteiger partial charge in [0.05, 0.1) is 19.0 Å². The lowest BCUT2D eigenvalue weighted by molar-refractivity contribution is -0.134. The third-order valence-corrected chi connectivity index (χ3v) is 4.44. The normalized spacial score (nSPS) is 11.4. The van der Waals surface area contributed by atoms with E-state index < -0.39 is 6.04 Å². The Morgan fingerprint density at radius 1 is 1.00 bits per heavy atom. The molecule has 0 bridgehead atoms. The number of rotatable bonds is 8. The Morgan fingerprint density at radius 2 is 1.64 bits per heavy atom. The average molecular weight is 381 g/mol. The van der Waals surface area contributed by atoms with E-state index >= 15 is 0 Å². The van der Waals surface area contributed by atoms with Crippen molar-refractivity contribution in [3.05, 3.63) is 65.7 Å². The molecule has 0 radical (unpaired) electrons. The summed E-state index contributed by atoms with van der Waals surface area (Å²) in [5.41, 5.74) is 2.65. The summed E-state index contributed by atoms with van der Waals surface area (Å²) in [6, 6.07) is 16.5. The van der Waals surface area contributed by atoms with E-state index in [2.05, 4.69) is 10.6 Å². The molecule has 0 aromatic heterocycles. The van der Waals surface area contributed by atoms with Crippen LogP contribution < -0.4 is 10.6 Å². The van der Waals surface area contributed by atoms with E-state index in [0.29, 0.717) is 0 Å². The maximum atomic E-state index is 12.6. The van der Waals surface area contributed by atoms with Crippen molar-refractivity contribution in [2.45, 2.75) is 32.7 Å². The summed E-state index contributed by atoms with van der Waals surface area (Å²) < 4.78 is 0. The van der Waals surface area contributed by atoms with Gasteiger partial charge in [0.15, 0.2) is 0 Å². The molecule has 1 unspecified atom stereocenters. The van der Waals surface area contributed by atoms with Crippen LogP contribution in [0.4, 0.5) is 5.69 Å². The Hall–Kier alpha value is -3.15. The first-order valence-corrected chi connectivity index (χ1v) is 9.34. The lowest BCUT2D eigenvalue weighted by Crippen LogP contribution is -2.38. The Kier molecular flexibility index (Phi) is 7.75. The van der Waals surface area contributed by atoms with Crippen molar-refractivity contribution in [1.29, 1.82) is 0 Å². The van der Waals surface area contributed by atoms with Crippen LogP contribution in [0.25, 0.3) is 0 Å². The second-order valence-corrected chi connectivity index (χ2v) is 6.68. The first kappa shape index (κ1) is 21.2. The molecule has 0 aliphatic rings. The molecule has 1 atom stereocenters. The average Bonchev–Trinajstić information content (AvgIpc) is 2.68. The lowest BCUT2D eigenvalue weighted by Gasteiger charge is -2.22. The van der Waals surface area contributed by atoms with Gasteiger partial charge in [-0.15, -0.1) is 0 Å². The minimum atomic E-state index is -0.433. The number of para-hydroxylation sites is 1. The highest BCUT2D eigenvalue weighted by Gasteiger charge is 2.21. The molecule has 148 valence electrons. The monoisotopic (exact) mass is 381 g/mol. The number of benzene rings is 2. The van der Waals surface area contributed by atoms with Gasteiger partial charge in [-0.05, 0) is 23.6 Å². The van der Waals surface area contributed by atoms with E-state index in [1.54, 1.807) is 7.05 Å². The van der Waals surface area contributed by atoms with E-state index in [-0.39, 0.29) is 30.7 Å². The van der Waals surface area contributed by atoms with Crippen molar-refractivity contribution in [1.82, 2.24) is 10.2 Å². The van der Waals surface area contributed by atoms with Crippen molar-refractivity contribution in [2.75, 3.05) is 18.9 Å². The Balaban J connectivity index is 1.98. The number of carbonyl (C=O) groups excluding carboxylic acids is 3. The molecule has 0 aliphatic carbocycles. The van der Waals surface area contributed by atoms with Crippen LogP contribution in [-0.2, 0) is 20.8 Å². The number of nitrogens with zero attached hydrogens (tertiary/aromatic N) is 1. The molecule has 2 rings (SSSR count). The maximum absolute atomic E-state index is 12.6. The predicted molar refractivity (Wildman–Crippen MR) is 110 cm³/mol. The fraction of sp³-hybridized carbons (Fsp3) is 0.318. The van der Waals surface area contributed by atoms with E-state index in [0.717, 1.165) is 23.2 Å². The molecular weight excluding hydrogens is 354 g/mol. The fourth-order valence-corrected chi connectivity index (χ4v) is 2.96. The van der Waals surface area contributed by atoms with Crippen LogP contribution in [-0.4, -0.2) is 36.2 Å². The Labute approximate surface area is 165 Å². The van der Waals surface area contributed by atoms with E-state index in [1.807, 2.05) is 61.5 Å². The first-order chi connectivity index (χ1) is 13.4. The number of likely N-dealkylation sites (N-methyl/N-ethyl adjacent to an activating group) is 1. The molecule has 2 N–H and O–H groups in total. The summed E-state index contributed by atoms with van der Waals surface area (Å²) in [4.78, 5) is 37.9. The molecule has 0 aliphatic heterocycles. The number of amides is 3. The number of nitrogens with one attached hydrogen (secondary N) is 2. The van der Waals surface area contributed by atoms with Crippen LogP contribution in [0.3, 0.4) is 0 Å². The third kappa shape index (κ3) is 6.23. The topological polar surface area (TPSA) is 78.5 Å². The van der Waals surface area contributed by atoms with Crippen LogP contribution in [0, 0.1) is 0 Å². The number of aryl methyl sites for hydroxylation is 1. The molecule has 2 aromatic carbocycles. The zero-order valence-electron chi connectivity index (χ0n) is 16.6. The van der Waals surface area contributed by atoms with Crippen molar-refractivity contribution >= 4 is 23.4 Å². The van der Waals surface area contributed by atoms with E-state index in [4.69, 9.17) is 0 Å². The number of anilines is 1. The van der Waals surface area contributed by atoms with Crippen LogP contribution >= 0.6 is 0 Å². The van der Waals surface area contributed by atoms with Gasteiger partial charge in [0.25, 0.3) is 0 Å². The zero-order chi connectivity index (χ0) is 20.5. The van der Waals surface area contributed by atoms with Gasteiger partial charge in [-0.3, -0.25) is 14.4 Å². The first-order valence-electron chi connectivity index (χ1n) is 9.34. The Morgan fingerprint density at radius 3 is 2.29 bits per heavy atom. The molecule has 0 saturated carbocycles. The van der Waals surface area contributed by atoms with Crippen LogP contribution in [0.5, 0.6) is 0 Å². The van der Waals surface area contributed by atoms with Crippen LogP contribution in [0.1, 0.15) is 37.4 Å². The van der Waals surface area contributed by atoms with Crippen molar-refractivity contribution in [3.8, 4) is 0 Å². The molecule has 6 heteroatoms. The molecule has 0 heterocycles. The largest absolute Gasteiger partial charge is 0.349 e. The van der Waals surface area contributed by atoms with Gasteiger partial charge >= 0.3 is 0 Å². The Bertz CT molecular complexity index is 821. The van der Waals surface area contributed by atoms with Gasteiger partial charge in [0, 0.05) is 19.7 Å². The molecule has 0 spiro atoms. The number of carbonyl (C=O) groups is 3. The molecule has 6 nitrogen and oxygen atoms in total. The summed E-state index contributed by atoms with van der Waals surface area (Å²) >= 11 is 0. The minimum absolute atomic E-state index is 0.0571. The predicted octanol–water partition coefficient (Wildman–Crippen LogP) is 2.91. The molecule has 28 heavy (non-hydrogen) atoms. The van der Waals surface area contributed by atoms with Crippen LogP contribution in [0.15, 0.2) is 54.6 Å². The number of hydrogen-bond acceptors (Lipinski definition) is 3. The summed E-state index contributed by atoms with van der Waals surface area (Å²) in [6.07, 6.45) is 0.889. The molecular formula is C22H27N3O3. The minimum Gasteiger partial charge on any atom is -0.349 e. The fourth-order valence-electron chi connectivity index (χ4n) is 2.96. The second-order valence-electron chi connectivity index (χ2n) is 6.68. The standard InChI is InChI=1S/C22H27N3O3/c1-4-17-10-8-9-13-19(17)24-21(27)15-25(3)22(28)14-20(23-16(2)26)18-11-6-5-7-12-18/h5-13,20H,4,14-15H2,1-3H3,(H,23,26)(H,24,27). The van der Waals surface area contributed by atoms with Gasteiger partial charge in [-0.1, -0.05) is 55.5 Å². The second kappa shape index (κ2) is 10.3. The summed E-state index contributed by atoms with van der Waals surface area (Å²) in [5, 5.41) is 5.67. The van der Waals surface area contributed by atoms with Crippen molar-refractivity contribution in [3.63, 3.8) is 0 Å². The van der Waals surface area contributed by atoms with Gasteiger partial charge in [-0.25, -0.2) is 0 Å². The zero-order valence-corrected chi connectivity index (χ0v) is 16.6. The summed E-state index contributed by atoms with van der Waals surface area (Å²) in [5.74, 6) is -0.688. The van der Waals surface area contributed by atoms with Gasteiger partial charge in [0.1, 0.15) is 0 Å². The van der Waals surface area contributed by atoms with Gasteiger partial charge < -0.3 is 15.5 Å². The molecule has 0 saturated heterocycles. The molecule has 3 amide bonds.